The Labute approximate surface area is 96.7 Å². The molecule has 1 unspecified atom stereocenters. The van der Waals surface area contributed by atoms with Crippen molar-refractivity contribution in [3.05, 3.63) is 29.8 Å². The molecule has 1 atom stereocenters. The van der Waals surface area contributed by atoms with E-state index in [0.29, 0.717) is 6.54 Å². The quantitative estimate of drug-likeness (QED) is 0.733. The smallest absolute Gasteiger partial charge is 0.324 e. The lowest BCUT2D eigenvalue weighted by Gasteiger charge is -2.08. The van der Waals surface area contributed by atoms with E-state index in [4.69, 9.17) is 10.4 Å². The van der Waals surface area contributed by atoms with Crippen LogP contribution >= 0.6 is 11.8 Å². The topological polar surface area (TPSA) is 35.2 Å². The largest absolute Gasteiger partial charge is 0.423 e. The maximum atomic E-state index is 5.66. The Hall–Kier alpha value is -0.445. The van der Waals surface area contributed by atoms with E-state index < -0.39 is 0 Å². The summed E-state index contributed by atoms with van der Waals surface area (Å²) >= 11 is 1.75. The third kappa shape index (κ3) is 3.00. The highest BCUT2D eigenvalue weighted by Gasteiger charge is 2.29. The Morgan fingerprint density at radius 2 is 2.00 bits per heavy atom. The molecule has 0 spiro atoms. The van der Waals surface area contributed by atoms with E-state index in [1.165, 1.54) is 11.0 Å². The molecule has 0 bridgehead atoms. The highest BCUT2D eigenvalue weighted by molar-refractivity contribution is 7.97. The number of rotatable bonds is 1. The van der Waals surface area contributed by atoms with Crippen molar-refractivity contribution in [2.75, 3.05) is 19.1 Å². The number of nitrogens with two attached hydrogens (primary N) is 1. The number of hydrogen-bond acceptors (Lipinski definition) is 3. The molecule has 4 heteroatoms. The maximum absolute atomic E-state index is 5.66. The summed E-state index contributed by atoms with van der Waals surface area (Å²) in [6.45, 7) is 2.84. The van der Waals surface area contributed by atoms with E-state index in [2.05, 4.69) is 19.0 Å². The summed E-state index contributed by atoms with van der Waals surface area (Å²) in [5.41, 5.74) is 8.13. The molecule has 1 aliphatic heterocycles. The van der Waals surface area contributed by atoms with Crippen LogP contribution in [0.2, 0.25) is 6.82 Å². The second-order valence-corrected chi connectivity index (χ2v) is 4.36. The van der Waals surface area contributed by atoms with Crippen LogP contribution in [0.15, 0.2) is 24.3 Å². The minimum Gasteiger partial charge on any atom is -0.423 e. The Morgan fingerprint density at radius 1 is 1.40 bits per heavy atom. The first kappa shape index (κ1) is 12.6. The van der Waals surface area contributed by atoms with Gasteiger partial charge in [-0.3, -0.25) is 0 Å². The zero-order valence-electron chi connectivity index (χ0n) is 9.57. The summed E-state index contributed by atoms with van der Waals surface area (Å²) in [6, 6.07) is 8.27. The van der Waals surface area contributed by atoms with Gasteiger partial charge in [0.25, 0.3) is 0 Å². The Bertz CT molecular complexity index is 308. The molecular formula is C11H18BNOS. The molecule has 1 aliphatic rings. The van der Waals surface area contributed by atoms with E-state index in [-0.39, 0.29) is 13.0 Å². The van der Waals surface area contributed by atoms with Crippen LogP contribution in [0.25, 0.3) is 0 Å². The number of benzene rings is 1. The van der Waals surface area contributed by atoms with Crippen molar-refractivity contribution in [3.63, 3.8) is 0 Å². The summed E-state index contributed by atoms with van der Waals surface area (Å²) in [6.07, 6.45) is 4.19. The first-order chi connectivity index (χ1) is 7.24. The Balaban J connectivity index is 0.000000337. The van der Waals surface area contributed by atoms with E-state index in [1.54, 1.807) is 11.8 Å². The van der Waals surface area contributed by atoms with Crippen LogP contribution in [0.4, 0.5) is 0 Å². The van der Waals surface area contributed by atoms with Crippen molar-refractivity contribution in [1.82, 2.24) is 0 Å². The highest BCUT2D eigenvalue weighted by Crippen LogP contribution is 2.22. The molecule has 2 rings (SSSR count). The Morgan fingerprint density at radius 3 is 2.60 bits per heavy atom. The molecule has 0 fully saturated rings. The first-order valence-corrected chi connectivity index (χ1v) is 6.72. The minimum atomic E-state index is 0.108. The average molecular weight is 223 g/mol. The molecule has 2 nitrogen and oxygen atoms in total. The van der Waals surface area contributed by atoms with Crippen LogP contribution in [-0.2, 0) is 4.65 Å². The van der Waals surface area contributed by atoms with Crippen molar-refractivity contribution in [1.29, 1.82) is 0 Å². The fourth-order valence-electron chi connectivity index (χ4n) is 1.75. The molecule has 0 aliphatic carbocycles. The molecule has 2 N–H and O–H groups in total. The molecule has 1 aromatic carbocycles. The SMILES string of the molecule is CB1OC(CN)c2ccccc21.CSC. The minimum absolute atomic E-state index is 0.108. The Kier molecular flexibility index (Phi) is 5.22. The van der Waals surface area contributed by atoms with Crippen molar-refractivity contribution in [3.8, 4) is 0 Å². The predicted octanol–water partition coefficient (Wildman–Crippen LogP) is 1.52. The first-order valence-electron chi connectivity index (χ1n) is 5.09. The second kappa shape index (κ2) is 6.21. The summed E-state index contributed by atoms with van der Waals surface area (Å²) in [5, 5.41) is 0. The normalized spacial score (nSPS) is 18.1. The van der Waals surface area contributed by atoms with Gasteiger partial charge in [0.15, 0.2) is 0 Å². The van der Waals surface area contributed by atoms with Gasteiger partial charge in [0.05, 0.1) is 6.10 Å². The molecular weight excluding hydrogens is 205 g/mol. The average Bonchev–Trinajstić information content (AvgIpc) is 2.58. The van der Waals surface area contributed by atoms with Crippen molar-refractivity contribution in [2.24, 2.45) is 5.73 Å². The zero-order chi connectivity index (χ0) is 11.3. The van der Waals surface area contributed by atoms with E-state index in [0.717, 1.165) is 0 Å². The number of thioether (sulfide) groups is 1. The standard InChI is InChI=1S/C9H12BNO.C2H6S/c1-10-8-5-3-2-4-7(8)9(6-11)12-10;1-3-2/h2-5,9H,6,11H2,1H3;1-2H3. The van der Waals surface area contributed by atoms with Gasteiger partial charge in [0.1, 0.15) is 0 Å². The van der Waals surface area contributed by atoms with Gasteiger partial charge in [-0.15, -0.1) is 0 Å². The highest BCUT2D eigenvalue weighted by atomic mass is 32.2. The molecule has 0 radical (unpaired) electrons. The third-order valence-corrected chi connectivity index (χ3v) is 2.36. The number of hydrogen-bond donors (Lipinski definition) is 1. The monoisotopic (exact) mass is 223 g/mol. The van der Waals surface area contributed by atoms with Crippen LogP contribution in [0.3, 0.4) is 0 Å². The maximum Gasteiger partial charge on any atom is 0.324 e. The summed E-state index contributed by atoms with van der Waals surface area (Å²) in [7, 11) is 0. The summed E-state index contributed by atoms with van der Waals surface area (Å²) in [4.78, 5) is 0. The van der Waals surface area contributed by atoms with Crippen molar-refractivity contribution in [2.45, 2.75) is 12.9 Å². The summed E-state index contributed by atoms with van der Waals surface area (Å²) < 4.78 is 5.66. The molecule has 0 saturated heterocycles. The van der Waals surface area contributed by atoms with Gasteiger partial charge in [0.2, 0.25) is 0 Å². The van der Waals surface area contributed by atoms with E-state index in [1.807, 2.05) is 24.6 Å². The van der Waals surface area contributed by atoms with Crippen LogP contribution in [0, 0.1) is 0 Å². The molecule has 0 amide bonds. The van der Waals surface area contributed by atoms with E-state index in [9.17, 15) is 0 Å². The second-order valence-electron chi connectivity index (χ2n) is 3.54. The van der Waals surface area contributed by atoms with Gasteiger partial charge in [-0.1, -0.05) is 31.1 Å². The van der Waals surface area contributed by atoms with Gasteiger partial charge in [0, 0.05) is 6.54 Å². The van der Waals surface area contributed by atoms with Gasteiger partial charge < -0.3 is 10.4 Å². The van der Waals surface area contributed by atoms with Crippen LogP contribution < -0.4 is 11.2 Å². The van der Waals surface area contributed by atoms with Crippen LogP contribution in [0.1, 0.15) is 11.7 Å². The van der Waals surface area contributed by atoms with E-state index >= 15 is 0 Å². The van der Waals surface area contributed by atoms with Crippen molar-refractivity contribution >= 4 is 24.1 Å². The molecule has 0 saturated carbocycles. The van der Waals surface area contributed by atoms with Crippen LogP contribution in [0.5, 0.6) is 0 Å². The predicted molar refractivity (Wildman–Crippen MR) is 70.0 cm³/mol. The third-order valence-electron chi connectivity index (χ3n) is 2.36. The van der Waals surface area contributed by atoms with Gasteiger partial charge >= 0.3 is 6.92 Å². The van der Waals surface area contributed by atoms with Gasteiger partial charge in [-0.25, -0.2) is 0 Å². The number of fused-ring (bicyclic) bond motifs is 1. The fourth-order valence-corrected chi connectivity index (χ4v) is 1.75. The van der Waals surface area contributed by atoms with Gasteiger partial charge in [-0.2, -0.15) is 11.8 Å². The zero-order valence-corrected chi connectivity index (χ0v) is 10.4. The van der Waals surface area contributed by atoms with Crippen LogP contribution in [-0.4, -0.2) is 26.0 Å². The molecule has 82 valence electrons. The fraction of sp³-hybridized carbons (Fsp3) is 0.455. The lowest BCUT2D eigenvalue weighted by molar-refractivity contribution is 0.235. The van der Waals surface area contributed by atoms with Gasteiger partial charge in [-0.05, 0) is 23.5 Å². The molecule has 15 heavy (non-hydrogen) atoms. The summed E-state index contributed by atoms with van der Waals surface area (Å²) in [5.74, 6) is 0. The molecule has 1 heterocycles. The lowest BCUT2D eigenvalue weighted by atomic mass is 9.64. The lowest BCUT2D eigenvalue weighted by Crippen LogP contribution is -2.23. The molecule has 0 aromatic heterocycles. The van der Waals surface area contributed by atoms with Crippen molar-refractivity contribution < 1.29 is 4.65 Å². The molecule has 1 aromatic rings.